The number of rotatable bonds is 24. The molecule has 0 heterocycles. The summed E-state index contributed by atoms with van der Waals surface area (Å²) in [5.74, 6) is -0.316. The highest BCUT2D eigenvalue weighted by Gasteiger charge is 2.34. The van der Waals surface area contributed by atoms with Crippen LogP contribution in [-0.4, -0.2) is 10.7 Å². The predicted octanol–water partition coefficient (Wildman–Crippen LogP) is 9.32. The van der Waals surface area contributed by atoms with E-state index in [9.17, 15) is 4.79 Å². The number of carbonyl (C=O) groups excluding carboxylic acids is 1. The standard InChI is InChI=1S/C28H55NOS/c1-4-6-8-10-12-14-16-18-20-22-24-26(3)28(31,27(29)30)25-23-21-19-17-15-13-11-9-7-5-2/h31H,3-25H2,1-2H3,(H2,29,30). The average molecular weight is 454 g/mol. The van der Waals surface area contributed by atoms with Gasteiger partial charge in [-0.15, -0.1) is 0 Å². The van der Waals surface area contributed by atoms with E-state index in [0.29, 0.717) is 0 Å². The Balaban J connectivity index is 3.84. The average Bonchev–Trinajstić information content (AvgIpc) is 2.75. The van der Waals surface area contributed by atoms with Crippen molar-refractivity contribution in [3.63, 3.8) is 0 Å². The highest BCUT2D eigenvalue weighted by atomic mass is 32.1. The van der Waals surface area contributed by atoms with E-state index < -0.39 is 4.75 Å². The molecule has 184 valence electrons. The van der Waals surface area contributed by atoms with Gasteiger partial charge in [-0.25, -0.2) is 0 Å². The Hall–Kier alpha value is -0.440. The zero-order chi connectivity index (χ0) is 23.2. The molecule has 0 bridgehead atoms. The van der Waals surface area contributed by atoms with Crippen molar-refractivity contribution < 1.29 is 4.79 Å². The fourth-order valence-electron chi connectivity index (χ4n) is 4.38. The van der Waals surface area contributed by atoms with Crippen molar-refractivity contribution >= 4 is 18.5 Å². The van der Waals surface area contributed by atoms with Crippen molar-refractivity contribution in [2.24, 2.45) is 5.73 Å². The van der Waals surface area contributed by atoms with Crippen LogP contribution >= 0.6 is 12.6 Å². The molecular formula is C28H55NOS. The number of hydrogen-bond donors (Lipinski definition) is 2. The second-order valence-electron chi connectivity index (χ2n) is 9.69. The molecule has 0 aliphatic carbocycles. The Kier molecular flexibility index (Phi) is 21.1. The lowest BCUT2D eigenvalue weighted by Gasteiger charge is -2.27. The van der Waals surface area contributed by atoms with Gasteiger partial charge < -0.3 is 5.73 Å². The monoisotopic (exact) mass is 453 g/mol. The Morgan fingerprint density at radius 1 is 0.645 bits per heavy atom. The van der Waals surface area contributed by atoms with Gasteiger partial charge in [0.05, 0.1) is 0 Å². The number of primary amides is 1. The van der Waals surface area contributed by atoms with Crippen molar-refractivity contribution in [3.8, 4) is 0 Å². The first-order valence-corrected chi connectivity index (χ1v) is 14.1. The van der Waals surface area contributed by atoms with Crippen molar-refractivity contribution in [2.45, 2.75) is 160 Å². The highest BCUT2D eigenvalue weighted by Crippen LogP contribution is 2.33. The van der Waals surface area contributed by atoms with Crippen LogP contribution in [0.25, 0.3) is 0 Å². The van der Waals surface area contributed by atoms with Crippen LogP contribution in [0.1, 0.15) is 155 Å². The largest absolute Gasteiger partial charge is 0.368 e. The minimum atomic E-state index is -0.820. The van der Waals surface area contributed by atoms with E-state index >= 15 is 0 Å². The molecular weight excluding hydrogens is 398 g/mol. The third-order valence-electron chi connectivity index (χ3n) is 6.72. The lowest BCUT2D eigenvalue weighted by atomic mass is 9.88. The zero-order valence-corrected chi connectivity index (χ0v) is 22.1. The van der Waals surface area contributed by atoms with E-state index in [2.05, 4.69) is 20.4 Å². The van der Waals surface area contributed by atoms with Gasteiger partial charge >= 0.3 is 0 Å². The Morgan fingerprint density at radius 3 is 1.32 bits per heavy atom. The van der Waals surface area contributed by atoms with Gasteiger partial charge in [-0.3, -0.25) is 4.79 Å². The van der Waals surface area contributed by atoms with E-state index in [4.69, 9.17) is 18.4 Å². The lowest BCUT2D eigenvalue weighted by molar-refractivity contribution is -0.119. The van der Waals surface area contributed by atoms with Crippen LogP contribution in [0, 0.1) is 0 Å². The Bertz CT molecular complexity index is 437. The third-order valence-corrected chi connectivity index (χ3v) is 7.48. The molecule has 3 heteroatoms. The molecule has 0 aliphatic rings. The Labute approximate surface area is 201 Å². The molecule has 0 aliphatic heterocycles. The molecule has 31 heavy (non-hydrogen) atoms. The number of hydrogen-bond acceptors (Lipinski definition) is 2. The maximum atomic E-state index is 12.1. The maximum Gasteiger partial charge on any atom is 0.237 e. The van der Waals surface area contributed by atoms with Crippen molar-refractivity contribution in [1.82, 2.24) is 0 Å². The van der Waals surface area contributed by atoms with Gasteiger partial charge in [0.1, 0.15) is 4.75 Å². The minimum Gasteiger partial charge on any atom is -0.368 e. The second-order valence-corrected chi connectivity index (χ2v) is 10.5. The van der Waals surface area contributed by atoms with Gasteiger partial charge in [0, 0.05) is 0 Å². The number of unbranched alkanes of at least 4 members (excludes halogenated alkanes) is 18. The molecule has 2 nitrogen and oxygen atoms in total. The van der Waals surface area contributed by atoms with Crippen LogP contribution in [0.2, 0.25) is 0 Å². The Morgan fingerprint density at radius 2 is 0.968 bits per heavy atom. The van der Waals surface area contributed by atoms with Gasteiger partial charge in [-0.05, 0) is 19.3 Å². The van der Waals surface area contributed by atoms with Crippen molar-refractivity contribution in [2.75, 3.05) is 0 Å². The van der Waals surface area contributed by atoms with Gasteiger partial charge in [-0.1, -0.05) is 148 Å². The molecule has 1 amide bonds. The van der Waals surface area contributed by atoms with E-state index in [-0.39, 0.29) is 5.91 Å². The fourth-order valence-corrected chi connectivity index (χ4v) is 4.65. The van der Waals surface area contributed by atoms with Crippen LogP contribution < -0.4 is 5.73 Å². The van der Waals surface area contributed by atoms with Gasteiger partial charge in [0.25, 0.3) is 0 Å². The minimum absolute atomic E-state index is 0.316. The molecule has 0 radical (unpaired) electrons. The normalized spacial score (nSPS) is 13.3. The summed E-state index contributed by atoms with van der Waals surface area (Å²) in [4.78, 5) is 12.1. The summed E-state index contributed by atoms with van der Waals surface area (Å²) in [6.07, 6.45) is 27.7. The maximum absolute atomic E-state index is 12.1. The molecule has 1 atom stereocenters. The first-order valence-electron chi connectivity index (χ1n) is 13.7. The third kappa shape index (κ3) is 16.8. The number of nitrogens with two attached hydrogens (primary N) is 1. The van der Waals surface area contributed by atoms with Crippen LogP contribution in [0.15, 0.2) is 12.2 Å². The molecule has 0 saturated carbocycles. The quantitative estimate of drug-likeness (QED) is 0.0853. The van der Waals surface area contributed by atoms with E-state index in [1.807, 2.05) is 0 Å². The molecule has 0 aromatic carbocycles. The number of thiol groups is 1. The SMILES string of the molecule is C=C(CCCCCCCCCCCC)C(S)(CCCCCCCCCCCC)C(N)=O. The van der Waals surface area contributed by atoms with Gasteiger partial charge in [-0.2, -0.15) is 12.6 Å². The molecule has 0 saturated heterocycles. The van der Waals surface area contributed by atoms with E-state index in [1.54, 1.807) is 0 Å². The van der Waals surface area contributed by atoms with Crippen molar-refractivity contribution in [3.05, 3.63) is 12.2 Å². The van der Waals surface area contributed by atoms with Crippen LogP contribution in [-0.2, 0) is 4.79 Å². The first kappa shape index (κ1) is 30.6. The second kappa shape index (κ2) is 21.4. The summed E-state index contributed by atoms with van der Waals surface area (Å²) < 4.78 is -0.820. The molecule has 0 spiro atoms. The lowest BCUT2D eigenvalue weighted by Crippen LogP contribution is -2.40. The van der Waals surface area contributed by atoms with E-state index in [1.165, 1.54) is 109 Å². The summed E-state index contributed by atoms with van der Waals surface area (Å²) in [6, 6.07) is 0. The summed E-state index contributed by atoms with van der Waals surface area (Å²) >= 11 is 4.72. The van der Waals surface area contributed by atoms with Crippen molar-refractivity contribution in [1.29, 1.82) is 0 Å². The smallest absolute Gasteiger partial charge is 0.237 e. The van der Waals surface area contributed by atoms with E-state index in [0.717, 1.165) is 37.7 Å². The zero-order valence-electron chi connectivity index (χ0n) is 21.2. The summed E-state index contributed by atoms with van der Waals surface area (Å²) in [5, 5.41) is 0. The number of carbonyl (C=O) groups is 1. The molecule has 0 rings (SSSR count). The predicted molar refractivity (Wildman–Crippen MR) is 143 cm³/mol. The summed E-state index contributed by atoms with van der Waals surface area (Å²) in [6.45, 7) is 8.74. The molecule has 2 N–H and O–H groups in total. The van der Waals surface area contributed by atoms with Crippen LogP contribution in [0.3, 0.4) is 0 Å². The van der Waals surface area contributed by atoms with Gasteiger partial charge in [0.2, 0.25) is 5.91 Å². The van der Waals surface area contributed by atoms with Gasteiger partial charge in [0.15, 0.2) is 0 Å². The molecule has 1 unspecified atom stereocenters. The number of amides is 1. The highest BCUT2D eigenvalue weighted by molar-refractivity contribution is 7.83. The summed E-state index contributed by atoms with van der Waals surface area (Å²) in [7, 11) is 0. The first-order chi connectivity index (χ1) is 15.0. The molecule has 0 aromatic rings. The van der Waals surface area contributed by atoms with Crippen LogP contribution in [0.5, 0.6) is 0 Å². The molecule has 0 aromatic heterocycles. The fraction of sp³-hybridized carbons (Fsp3) is 0.893. The topological polar surface area (TPSA) is 43.1 Å². The summed E-state index contributed by atoms with van der Waals surface area (Å²) in [5.41, 5.74) is 6.67. The van der Waals surface area contributed by atoms with Crippen LogP contribution in [0.4, 0.5) is 0 Å². The molecule has 0 fully saturated rings.